The number of hydrogen-bond donors (Lipinski definition) is 1. The Balaban J connectivity index is 1.58. The molecule has 3 rings (SSSR count). The fourth-order valence-corrected chi connectivity index (χ4v) is 3.04. The second-order valence-corrected chi connectivity index (χ2v) is 7.41. The number of rotatable bonds is 6. The van der Waals surface area contributed by atoms with Crippen molar-refractivity contribution in [3.8, 4) is 11.4 Å². The van der Waals surface area contributed by atoms with Crippen LogP contribution in [0.25, 0.3) is 11.4 Å². The number of nitrogens with zero attached hydrogens (tertiary/aromatic N) is 5. The highest BCUT2D eigenvalue weighted by Gasteiger charge is 2.31. The van der Waals surface area contributed by atoms with E-state index in [9.17, 15) is 18.0 Å². The van der Waals surface area contributed by atoms with E-state index in [0.29, 0.717) is 19.8 Å². The Kier molecular flexibility index (Phi) is 6.18. The van der Waals surface area contributed by atoms with Gasteiger partial charge in [0, 0.05) is 30.7 Å². The summed E-state index contributed by atoms with van der Waals surface area (Å²) in [5.41, 5.74) is -0.854. The summed E-state index contributed by atoms with van der Waals surface area (Å²) in [6.45, 7) is 7.27. The van der Waals surface area contributed by atoms with E-state index in [-0.39, 0.29) is 29.4 Å². The van der Waals surface area contributed by atoms with Crippen molar-refractivity contribution in [1.29, 1.82) is 0 Å². The first-order chi connectivity index (χ1) is 13.6. The van der Waals surface area contributed by atoms with Crippen LogP contribution in [0.15, 0.2) is 24.3 Å². The average Bonchev–Trinajstić information content (AvgIpc) is 3.15. The minimum Gasteiger partial charge on any atom is -0.379 e. The summed E-state index contributed by atoms with van der Waals surface area (Å²) >= 11 is 0. The first-order valence-corrected chi connectivity index (χ1v) is 9.20. The molecule has 0 atom stereocenters. The Bertz CT molecular complexity index is 846. The fraction of sp³-hybridized carbons (Fsp3) is 0.556. The van der Waals surface area contributed by atoms with Gasteiger partial charge in [0.15, 0.2) is 0 Å². The minimum atomic E-state index is -4.46. The van der Waals surface area contributed by atoms with Gasteiger partial charge in [0.25, 0.3) is 0 Å². The molecule has 2 aromatic rings. The minimum absolute atomic E-state index is 0.0255. The van der Waals surface area contributed by atoms with Gasteiger partial charge in [0.05, 0.1) is 18.8 Å². The average molecular weight is 412 g/mol. The molecule has 1 aromatic heterocycles. The summed E-state index contributed by atoms with van der Waals surface area (Å²) in [7, 11) is 0. The van der Waals surface area contributed by atoms with Crippen LogP contribution in [0.3, 0.4) is 0 Å². The third-order valence-corrected chi connectivity index (χ3v) is 4.77. The van der Waals surface area contributed by atoms with Gasteiger partial charge in [-0.1, -0.05) is 12.1 Å². The normalized spacial score (nSPS) is 16.0. The number of nitrogens with one attached hydrogen (secondary N) is 1. The van der Waals surface area contributed by atoms with E-state index in [1.165, 1.54) is 12.1 Å². The smallest absolute Gasteiger partial charge is 0.379 e. The van der Waals surface area contributed by atoms with E-state index in [2.05, 4.69) is 25.6 Å². The Labute approximate surface area is 166 Å². The highest BCUT2D eigenvalue weighted by Crippen LogP contribution is 2.31. The SMILES string of the molecule is CC(C)(CNC(=O)Cn1nnc(-c2cccc(C(F)(F)F)c2)n1)N1CCOCC1. The largest absolute Gasteiger partial charge is 0.416 e. The van der Waals surface area contributed by atoms with Crippen LogP contribution < -0.4 is 5.32 Å². The number of benzene rings is 1. The summed E-state index contributed by atoms with van der Waals surface area (Å²) in [6, 6.07) is 4.66. The molecule has 11 heteroatoms. The molecular formula is C18H23F3N6O2. The van der Waals surface area contributed by atoms with Gasteiger partial charge in [-0.2, -0.15) is 18.0 Å². The van der Waals surface area contributed by atoms with Crippen LogP contribution in [-0.2, 0) is 22.3 Å². The lowest BCUT2D eigenvalue weighted by Crippen LogP contribution is -2.55. The van der Waals surface area contributed by atoms with Gasteiger partial charge in [0.1, 0.15) is 6.54 Å². The molecule has 0 saturated carbocycles. The highest BCUT2D eigenvalue weighted by molar-refractivity contribution is 5.75. The third-order valence-electron chi connectivity index (χ3n) is 4.77. The number of carbonyl (C=O) groups is 1. The molecule has 1 aliphatic heterocycles. The molecule has 1 amide bonds. The molecule has 0 radical (unpaired) electrons. The number of morpholine rings is 1. The van der Waals surface area contributed by atoms with Crippen LogP contribution in [0.5, 0.6) is 0 Å². The van der Waals surface area contributed by atoms with Gasteiger partial charge in [0.2, 0.25) is 11.7 Å². The summed E-state index contributed by atoms with van der Waals surface area (Å²) in [5, 5.41) is 14.4. The summed E-state index contributed by atoms with van der Waals surface area (Å²) in [5.74, 6) is -0.281. The second kappa shape index (κ2) is 8.46. The number of tetrazole rings is 1. The van der Waals surface area contributed by atoms with Crippen LogP contribution in [0, 0.1) is 0 Å². The van der Waals surface area contributed by atoms with Crippen molar-refractivity contribution in [2.75, 3.05) is 32.8 Å². The molecule has 0 bridgehead atoms. The van der Waals surface area contributed by atoms with Crippen molar-refractivity contribution >= 4 is 5.91 Å². The molecule has 1 aromatic carbocycles. The quantitative estimate of drug-likeness (QED) is 0.776. The van der Waals surface area contributed by atoms with Crippen molar-refractivity contribution in [3.63, 3.8) is 0 Å². The molecule has 1 N–H and O–H groups in total. The van der Waals surface area contributed by atoms with Crippen LogP contribution in [0.2, 0.25) is 0 Å². The van der Waals surface area contributed by atoms with Crippen molar-refractivity contribution in [3.05, 3.63) is 29.8 Å². The number of halogens is 3. The summed E-state index contributed by atoms with van der Waals surface area (Å²) < 4.78 is 43.9. The predicted molar refractivity (Wildman–Crippen MR) is 97.7 cm³/mol. The molecule has 1 saturated heterocycles. The molecular weight excluding hydrogens is 389 g/mol. The van der Waals surface area contributed by atoms with E-state index < -0.39 is 11.7 Å². The van der Waals surface area contributed by atoms with E-state index in [4.69, 9.17) is 4.74 Å². The van der Waals surface area contributed by atoms with E-state index in [0.717, 1.165) is 30.0 Å². The Morgan fingerprint density at radius 1 is 1.24 bits per heavy atom. The topological polar surface area (TPSA) is 85.2 Å². The van der Waals surface area contributed by atoms with Gasteiger partial charge < -0.3 is 10.1 Å². The van der Waals surface area contributed by atoms with E-state index >= 15 is 0 Å². The van der Waals surface area contributed by atoms with Crippen molar-refractivity contribution < 1.29 is 22.7 Å². The van der Waals surface area contributed by atoms with Crippen LogP contribution in [0.4, 0.5) is 13.2 Å². The Morgan fingerprint density at radius 2 is 1.97 bits per heavy atom. The lowest BCUT2D eigenvalue weighted by Gasteiger charge is -2.40. The monoisotopic (exact) mass is 412 g/mol. The Hall–Kier alpha value is -2.53. The molecule has 1 fully saturated rings. The zero-order chi connectivity index (χ0) is 21.1. The second-order valence-electron chi connectivity index (χ2n) is 7.41. The zero-order valence-corrected chi connectivity index (χ0v) is 16.2. The van der Waals surface area contributed by atoms with Gasteiger partial charge in [-0.15, -0.1) is 10.2 Å². The Morgan fingerprint density at radius 3 is 2.66 bits per heavy atom. The highest BCUT2D eigenvalue weighted by atomic mass is 19.4. The molecule has 8 nitrogen and oxygen atoms in total. The van der Waals surface area contributed by atoms with Crippen LogP contribution in [0.1, 0.15) is 19.4 Å². The van der Waals surface area contributed by atoms with Crippen molar-refractivity contribution in [1.82, 2.24) is 30.4 Å². The van der Waals surface area contributed by atoms with Gasteiger partial charge >= 0.3 is 6.18 Å². The molecule has 0 spiro atoms. The molecule has 0 aliphatic carbocycles. The number of aromatic nitrogens is 4. The zero-order valence-electron chi connectivity index (χ0n) is 16.2. The maximum atomic E-state index is 12.9. The van der Waals surface area contributed by atoms with E-state index in [1.54, 1.807) is 0 Å². The molecule has 1 aliphatic rings. The lowest BCUT2D eigenvalue weighted by atomic mass is 10.0. The first-order valence-electron chi connectivity index (χ1n) is 9.20. The molecule has 158 valence electrons. The number of carbonyl (C=O) groups excluding carboxylic acids is 1. The van der Waals surface area contributed by atoms with Crippen LogP contribution in [-0.4, -0.2) is 69.4 Å². The number of amides is 1. The van der Waals surface area contributed by atoms with Crippen molar-refractivity contribution in [2.45, 2.75) is 32.1 Å². The number of alkyl halides is 3. The molecule has 29 heavy (non-hydrogen) atoms. The molecule has 0 unspecified atom stereocenters. The fourth-order valence-electron chi connectivity index (χ4n) is 3.04. The lowest BCUT2D eigenvalue weighted by molar-refractivity contribution is -0.137. The standard InChI is InChI=1S/C18H23F3N6O2/c1-17(2,26-6-8-29-9-7-26)12-22-15(28)11-27-24-16(23-25-27)13-4-3-5-14(10-13)18(19,20)21/h3-5,10H,6-9,11-12H2,1-2H3,(H,22,28). The van der Waals surface area contributed by atoms with Gasteiger partial charge in [-0.25, -0.2) is 0 Å². The number of hydrogen-bond acceptors (Lipinski definition) is 6. The summed E-state index contributed by atoms with van der Waals surface area (Å²) in [4.78, 5) is 15.6. The van der Waals surface area contributed by atoms with Gasteiger partial charge in [-0.3, -0.25) is 9.69 Å². The van der Waals surface area contributed by atoms with Crippen molar-refractivity contribution in [2.24, 2.45) is 0 Å². The first kappa shape index (κ1) is 21.2. The number of ether oxygens (including phenoxy) is 1. The summed E-state index contributed by atoms with van der Waals surface area (Å²) in [6.07, 6.45) is -4.46. The van der Waals surface area contributed by atoms with Gasteiger partial charge in [-0.05, 0) is 31.2 Å². The van der Waals surface area contributed by atoms with Crippen LogP contribution >= 0.6 is 0 Å². The predicted octanol–water partition coefficient (Wildman–Crippen LogP) is 1.59. The van der Waals surface area contributed by atoms with E-state index in [1.807, 2.05) is 13.8 Å². The maximum Gasteiger partial charge on any atom is 0.416 e. The molecule has 2 heterocycles. The third kappa shape index (κ3) is 5.51. The maximum absolute atomic E-state index is 12.9.